The molecule has 178 valence electrons. The van der Waals surface area contributed by atoms with Crippen LogP contribution in [0.25, 0.3) is 0 Å². The quantitative estimate of drug-likeness (QED) is 0.439. The van der Waals surface area contributed by atoms with Crippen LogP contribution < -0.4 is 4.74 Å². The predicted molar refractivity (Wildman–Crippen MR) is 131 cm³/mol. The third-order valence-electron chi connectivity index (χ3n) is 6.01. The van der Waals surface area contributed by atoms with E-state index < -0.39 is 0 Å². The Balaban J connectivity index is 1.47. The number of halogens is 1. The van der Waals surface area contributed by atoms with Gasteiger partial charge >= 0.3 is 0 Å². The Morgan fingerprint density at radius 1 is 1.12 bits per heavy atom. The zero-order chi connectivity index (χ0) is 23.9. The lowest BCUT2D eigenvalue weighted by Gasteiger charge is -2.37. The van der Waals surface area contributed by atoms with E-state index in [1.54, 1.807) is 28.4 Å². The van der Waals surface area contributed by atoms with Gasteiger partial charge in [-0.1, -0.05) is 37.3 Å². The van der Waals surface area contributed by atoms with Crippen LogP contribution in [-0.4, -0.2) is 47.9 Å². The van der Waals surface area contributed by atoms with Crippen molar-refractivity contribution in [2.75, 3.05) is 26.2 Å². The van der Waals surface area contributed by atoms with E-state index in [-0.39, 0.29) is 43.2 Å². The van der Waals surface area contributed by atoms with E-state index >= 15 is 0 Å². The van der Waals surface area contributed by atoms with Crippen LogP contribution in [0.1, 0.15) is 35.4 Å². The number of carbonyl (C=O) groups is 2. The number of hydrogen-bond donors (Lipinski definition) is 0. The van der Waals surface area contributed by atoms with Crippen molar-refractivity contribution in [2.45, 2.75) is 32.2 Å². The highest BCUT2D eigenvalue weighted by atomic mass is 32.1. The van der Waals surface area contributed by atoms with Crippen molar-refractivity contribution < 1.29 is 18.7 Å². The number of rotatable bonds is 9. The van der Waals surface area contributed by atoms with Crippen LogP contribution in [0.5, 0.6) is 5.75 Å². The average Bonchev–Trinajstić information content (AvgIpc) is 3.33. The second kappa shape index (κ2) is 11.3. The van der Waals surface area contributed by atoms with Gasteiger partial charge in [-0.05, 0) is 59.7 Å². The minimum atomic E-state index is -0.321. The van der Waals surface area contributed by atoms with Gasteiger partial charge in [-0.2, -0.15) is 0 Å². The topological polar surface area (TPSA) is 49.9 Å². The molecule has 1 aliphatic rings. The van der Waals surface area contributed by atoms with Gasteiger partial charge in [0.1, 0.15) is 18.2 Å². The van der Waals surface area contributed by atoms with Crippen molar-refractivity contribution >= 4 is 23.2 Å². The lowest BCUT2D eigenvalue weighted by Crippen LogP contribution is -2.48. The number of amides is 2. The molecule has 4 rings (SSSR count). The first kappa shape index (κ1) is 24.0. The highest BCUT2D eigenvalue weighted by molar-refractivity contribution is 7.10. The molecule has 0 fully saturated rings. The second-order valence-electron chi connectivity index (χ2n) is 8.39. The molecule has 3 aromatic rings. The van der Waals surface area contributed by atoms with Crippen LogP contribution in [0.4, 0.5) is 4.39 Å². The first-order valence-electron chi connectivity index (χ1n) is 11.6. The summed E-state index contributed by atoms with van der Waals surface area (Å²) in [4.78, 5) is 31.2. The summed E-state index contributed by atoms with van der Waals surface area (Å²) in [5.41, 5.74) is 2.02. The summed E-state index contributed by atoms with van der Waals surface area (Å²) in [6.07, 6.45) is 1.84. The zero-order valence-electron chi connectivity index (χ0n) is 19.3. The summed E-state index contributed by atoms with van der Waals surface area (Å²) in [7, 11) is 0. The van der Waals surface area contributed by atoms with Gasteiger partial charge in [0.25, 0.3) is 0 Å². The number of fused-ring (bicyclic) bond motifs is 1. The van der Waals surface area contributed by atoms with Gasteiger partial charge in [-0.15, -0.1) is 11.3 Å². The van der Waals surface area contributed by atoms with Crippen molar-refractivity contribution in [2.24, 2.45) is 0 Å². The maximum atomic E-state index is 13.5. The number of benzene rings is 2. The molecule has 0 radical (unpaired) electrons. The minimum absolute atomic E-state index is 0.0475. The highest BCUT2D eigenvalue weighted by Crippen LogP contribution is 2.34. The molecule has 0 unspecified atom stereocenters. The molecule has 2 heterocycles. The van der Waals surface area contributed by atoms with E-state index in [4.69, 9.17) is 4.74 Å². The molecular formula is C27H29FN2O3S. The fraction of sp³-hybridized carbons (Fsp3) is 0.333. The maximum absolute atomic E-state index is 13.5. The number of hydrogen-bond acceptors (Lipinski definition) is 4. The Hall–Kier alpha value is -3.19. The van der Waals surface area contributed by atoms with Crippen LogP contribution in [0.3, 0.4) is 0 Å². The Labute approximate surface area is 203 Å². The predicted octanol–water partition coefficient (Wildman–Crippen LogP) is 4.87. The minimum Gasteiger partial charge on any atom is -0.491 e. The van der Waals surface area contributed by atoms with Gasteiger partial charge in [-0.3, -0.25) is 9.59 Å². The molecule has 0 N–H and O–H groups in total. The molecule has 1 aromatic heterocycles. The normalized spacial score (nSPS) is 15.0. The summed E-state index contributed by atoms with van der Waals surface area (Å²) in [6.45, 7) is 3.44. The Kier molecular flexibility index (Phi) is 7.95. The molecule has 1 aliphatic heterocycles. The number of ether oxygens (including phenoxy) is 1. The lowest BCUT2D eigenvalue weighted by molar-refractivity contribution is -0.142. The Bertz CT molecular complexity index is 1100. The summed E-state index contributed by atoms with van der Waals surface area (Å²) < 4.78 is 19.2. The molecule has 1 atom stereocenters. The van der Waals surface area contributed by atoms with Crippen LogP contribution in [0, 0.1) is 5.82 Å². The standard InChI is InChI=1S/C27H29FN2O3S/c1-2-14-29(26(31)17-20-6-4-3-5-7-20)18-27(32)30-15-12-25-23(13-16-34-25)24(30)19-33-22-10-8-21(28)9-11-22/h3-11,13,16,24H,2,12,14-15,17-19H2,1H3/t24-/m1/s1. The van der Waals surface area contributed by atoms with Crippen molar-refractivity contribution in [1.29, 1.82) is 0 Å². The maximum Gasteiger partial charge on any atom is 0.242 e. The SMILES string of the molecule is CCCN(CC(=O)N1CCc2sccc2[C@H]1COc1ccc(F)cc1)C(=O)Cc1ccccc1. The summed E-state index contributed by atoms with van der Waals surface area (Å²) in [6, 6.07) is 17.3. The van der Waals surface area contributed by atoms with Crippen molar-refractivity contribution in [3.05, 3.63) is 87.9 Å². The van der Waals surface area contributed by atoms with Crippen molar-refractivity contribution in [3.8, 4) is 5.75 Å². The second-order valence-corrected chi connectivity index (χ2v) is 9.40. The van der Waals surface area contributed by atoms with E-state index in [9.17, 15) is 14.0 Å². The Morgan fingerprint density at radius 2 is 1.88 bits per heavy atom. The van der Waals surface area contributed by atoms with Crippen LogP contribution in [-0.2, 0) is 22.4 Å². The monoisotopic (exact) mass is 480 g/mol. The van der Waals surface area contributed by atoms with E-state index in [2.05, 4.69) is 0 Å². The molecule has 34 heavy (non-hydrogen) atoms. The smallest absolute Gasteiger partial charge is 0.242 e. The molecule has 0 spiro atoms. The third kappa shape index (κ3) is 5.83. The van der Waals surface area contributed by atoms with Crippen LogP contribution in [0.15, 0.2) is 66.0 Å². The van der Waals surface area contributed by atoms with E-state index in [1.807, 2.05) is 53.6 Å². The van der Waals surface area contributed by atoms with Crippen LogP contribution in [0.2, 0.25) is 0 Å². The van der Waals surface area contributed by atoms with E-state index in [1.165, 1.54) is 17.0 Å². The van der Waals surface area contributed by atoms with Gasteiger partial charge in [0.05, 0.1) is 19.0 Å². The van der Waals surface area contributed by atoms with Gasteiger partial charge in [0.15, 0.2) is 0 Å². The summed E-state index contributed by atoms with van der Waals surface area (Å²) in [5.74, 6) is 0.105. The Morgan fingerprint density at radius 3 is 2.62 bits per heavy atom. The summed E-state index contributed by atoms with van der Waals surface area (Å²) >= 11 is 1.69. The highest BCUT2D eigenvalue weighted by Gasteiger charge is 2.33. The molecule has 0 aliphatic carbocycles. The van der Waals surface area contributed by atoms with Crippen molar-refractivity contribution in [3.63, 3.8) is 0 Å². The fourth-order valence-electron chi connectivity index (χ4n) is 4.28. The van der Waals surface area contributed by atoms with Gasteiger partial charge in [0, 0.05) is 18.0 Å². The molecule has 7 heteroatoms. The lowest BCUT2D eigenvalue weighted by atomic mass is 10.0. The molecule has 2 aromatic carbocycles. The number of nitrogens with zero attached hydrogens (tertiary/aromatic N) is 2. The molecule has 0 saturated heterocycles. The summed E-state index contributed by atoms with van der Waals surface area (Å²) in [5, 5.41) is 2.04. The fourth-order valence-corrected chi connectivity index (χ4v) is 5.21. The molecule has 2 amide bonds. The third-order valence-corrected chi connectivity index (χ3v) is 7.00. The van der Waals surface area contributed by atoms with E-state index in [0.29, 0.717) is 18.8 Å². The molecular weight excluding hydrogens is 451 g/mol. The van der Waals surface area contributed by atoms with Gasteiger partial charge in [-0.25, -0.2) is 4.39 Å². The van der Waals surface area contributed by atoms with Gasteiger partial charge in [0.2, 0.25) is 11.8 Å². The average molecular weight is 481 g/mol. The number of carbonyl (C=O) groups excluding carboxylic acids is 2. The van der Waals surface area contributed by atoms with Crippen molar-refractivity contribution in [1.82, 2.24) is 9.80 Å². The zero-order valence-corrected chi connectivity index (χ0v) is 20.1. The molecule has 0 bridgehead atoms. The first-order valence-corrected chi connectivity index (χ1v) is 12.5. The molecule has 5 nitrogen and oxygen atoms in total. The number of thiophene rings is 1. The van der Waals surface area contributed by atoms with Gasteiger partial charge < -0.3 is 14.5 Å². The van der Waals surface area contributed by atoms with E-state index in [0.717, 1.165) is 24.0 Å². The first-order chi connectivity index (χ1) is 16.5. The molecule has 0 saturated carbocycles. The largest absolute Gasteiger partial charge is 0.491 e. The van der Waals surface area contributed by atoms with Crippen LogP contribution >= 0.6 is 11.3 Å².